The fourth-order valence-electron chi connectivity index (χ4n) is 6.28. The third-order valence-electron chi connectivity index (χ3n) is 7.70. The van der Waals surface area contributed by atoms with E-state index in [1.807, 2.05) is 6.07 Å². The van der Waals surface area contributed by atoms with Gasteiger partial charge in [0.05, 0.1) is 18.3 Å². The molecule has 0 radical (unpaired) electrons. The van der Waals surface area contributed by atoms with E-state index in [1.165, 1.54) is 5.56 Å². The maximum Gasteiger partial charge on any atom is 0.200 e. The van der Waals surface area contributed by atoms with Crippen molar-refractivity contribution >= 4 is 8.32 Å². The maximum absolute atomic E-state index is 6.80. The lowest BCUT2D eigenvalue weighted by molar-refractivity contribution is -0.110. The van der Waals surface area contributed by atoms with Gasteiger partial charge in [-0.1, -0.05) is 84.0 Å². The monoisotopic (exact) mass is 444 g/mol. The molecule has 2 aliphatic heterocycles. The Hall–Kier alpha value is -0.943. The number of hydrogen-bond acceptors (Lipinski definition) is 3. The average Bonchev–Trinajstić information content (AvgIpc) is 2.90. The van der Waals surface area contributed by atoms with E-state index >= 15 is 0 Å². The zero-order valence-electron chi connectivity index (χ0n) is 20.8. The Labute approximate surface area is 191 Å². The molecule has 1 aromatic rings. The molecule has 1 fully saturated rings. The lowest BCUT2D eigenvalue weighted by Gasteiger charge is -2.42. The van der Waals surface area contributed by atoms with E-state index in [4.69, 9.17) is 13.9 Å². The summed E-state index contributed by atoms with van der Waals surface area (Å²) < 4.78 is 19.9. The molecule has 0 saturated carbocycles. The van der Waals surface area contributed by atoms with Crippen LogP contribution in [0.25, 0.3) is 0 Å². The molecule has 0 spiro atoms. The topological polar surface area (TPSA) is 27.7 Å². The molecule has 4 heteroatoms. The van der Waals surface area contributed by atoms with Crippen molar-refractivity contribution in [3.05, 3.63) is 48.0 Å². The van der Waals surface area contributed by atoms with Crippen molar-refractivity contribution in [2.24, 2.45) is 0 Å². The molecule has 1 aromatic carbocycles. The molecule has 0 aromatic heterocycles. The SMILES string of the molecule is CC(C)[Si](OCCC[C@]12CC=C[C@](C)(O1)[C@H](OCc1ccccc1)C2)(C(C)C)C(C)C. The molecule has 2 bridgehead atoms. The first-order valence-electron chi connectivity index (χ1n) is 12.3. The van der Waals surface area contributed by atoms with E-state index < -0.39 is 8.32 Å². The minimum Gasteiger partial charge on any atom is -0.416 e. The normalized spacial score (nSPS) is 28.3. The van der Waals surface area contributed by atoms with Gasteiger partial charge in [0.25, 0.3) is 0 Å². The molecule has 31 heavy (non-hydrogen) atoms. The van der Waals surface area contributed by atoms with Gasteiger partial charge in [0.1, 0.15) is 5.60 Å². The number of fused-ring (bicyclic) bond motifs is 2. The van der Waals surface area contributed by atoms with Crippen LogP contribution in [0.4, 0.5) is 0 Å². The minimum atomic E-state index is -1.80. The second-order valence-electron chi connectivity index (χ2n) is 10.8. The Bertz CT molecular complexity index is 707. The van der Waals surface area contributed by atoms with E-state index in [0.717, 1.165) is 32.3 Å². The summed E-state index contributed by atoms with van der Waals surface area (Å²) in [5.74, 6) is 0. The van der Waals surface area contributed by atoms with Crippen LogP contribution >= 0.6 is 0 Å². The van der Waals surface area contributed by atoms with Gasteiger partial charge in [0.15, 0.2) is 8.32 Å². The van der Waals surface area contributed by atoms with Crippen molar-refractivity contribution in [1.29, 1.82) is 0 Å². The van der Waals surface area contributed by atoms with Gasteiger partial charge in [-0.3, -0.25) is 0 Å². The first kappa shape index (κ1) is 24.7. The van der Waals surface area contributed by atoms with E-state index in [1.54, 1.807) is 0 Å². The Morgan fingerprint density at radius 1 is 1.03 bits per heavy atom. The van der Waals surface area contributed by atoms with Crippen molar-refractivity contribution in [1.82, 2.24) is 0 Å². The summed E-state index contributed by atoms with van der Waals surface area (Å²) in [7, 11) is -1.80. The molecule has 1 saturated heterocycles. The maximum atomic E-state index is 6.80. The predicted molar refractivity (Wildman–Crippen MR) is 132 cm³/mol. The van der Waals surface area contributed by atoms with Crippen LogP contribution in [-0.2, 0) is 20.5 Å². The quantitative estimate of drug-likeness (QED) is 0.202. The van der Waals surface area contributed by atoms with Gasteiger partial charge in [-0.15, -0.1) is 0 Å². The standard InChI is InChI=1S/C27H44O3Si/c1-21(2)31(22(3)4,23(5)6)29-18-12-17-27-16-11-15-26(7,30-27)25(19-27)28-20-24-13-9-8-10-14-24/h8-11,13-15,21-23,25H,12,16-20H2,1-7H3/t25-,26+,27+/m1/s1. The fraction of sp³-hybridized carbons (Fsp3) is 0.704. The van der Waals surface area contributed by atoms with Crippen molar-refractivity contribution in [3.63, 3.8) is 0 Å². The first-order valence-corrected chi connectivity index (χ1v) is 14.4. The third kappa shape index (κ3) is 5.18. The Morgan fingerprint density at radius 2 is 1.68 bits per heavy atom. The molecule has 174 valence electrons. The van der Waals surface area contributed by atoms with Crippen LogP contribution in [0.2, 0.25) is 16.6 Å². The summed E-state index contributed by atoms with van der Waals surface area (Å²) in [6.07, 6.45) is 8.67. The van der Waals surface area contributed by atoms with Crippen LogP contribution in [0.5, 0.6) is 0 Å². The molecule has 0 aliphatic carbocycles. The Balaban J connectivity index is 1.58. The molecule has 0 N–H and O–H groups in total. The van der Waals surface area contributed by atoms with Crippen molar-refractivity contribution < 1.29 is 13.9 Å². The van der Waals surface area contributed by atoms with Gasteiger partial charge >= 0.3 is 0 Å². The van der Waals surface area contributed by atoms with E-state index in [9.17, 15) is 0 Å². The van der Waals surface area contributed by atoms with Gasteiger partial charge in [-0.05, 0) is 48.4 Å². The molecule has 3 nitrogen and oxygen atoms in total. The van der Waals surface area contributed by atoms with Gasteiger partial charge in [-0.2, -0.15) is 0 Å². The summed E-state index contributed by atoms with van der Waals surface area (Å²) in [6, 6.07) is 10.4. The van der Waals surface area contributed by atoms with Crippen LogP contribution in [0.15, 0.2) is 42.5 Å². The highest BCUT2D eigenvalue weighted by molar-refractivity contribution is 6.77. The lowest BCUT2D eigenvalue weighted by Crippen LogP contribution is -2.48. The highest BCUT2D eigenvalue weighted by atomic mass is 28.4. The average molecular weight is 445 g/mol. The molecule has 3 atom stereocenters. The van der Waals surface area contributed by atoms with Crippen LogP contribution in [0.1, 0.15) is 79.7 Å². The Kier molecular flexibility index (Phi) is 7.89. The van der Waals surface area contributed by atoms with Crippen molar-refractivity contribution in [2.45, 2.75) is 115 Å². The molecule has 3 rings (SSSR count). The summed E-state index contributed by atoms with van der Waals surface area (Å²) >= 11 is 0. The number of rotatable bonds is 11. The highest BCUT2D eigenvalue weighted by Gasteiger charge is 2.54. The molecule has 0 amide bonds. The summed E-state index contributed by atoms with van der Waals surface area (Å²) in [4.78, 5) is 0. The van der Waals surface area contributed by atoms with Crippen LogP contribution < -0.4 is 0 Å². The second-order valence-corrected chi connectivity index (χ2v) is 16.3. The van der Waals surface area contributed by atoms with Crippen LogP contribution in [-0.4, -0.2) is 32.2 Å². The van der Waals surface area contributed by atoms with Gasteiger partial charge in [-0.25, -0.2) is 0 Å². The van der Waals surface area contributed by atoms with Gasteiger partial charge in [0, 0.05) is 13.0 Å². The number of ether oxygens (including phenoxy) is 2. The third-order valence-corrected chi connectivity index (χ3v) is 13.8. The first-order chi connectivity index (χ1) is 14.6. The van der Waals surface area contributed by atoms with E-state index in [2.05, 4.69) is 84.9 Å². The summed E-state index contributed by atoms with van der Waals surface area (Å²) in [5.41, 5.74) is 2.68. The fourth-order valence-corrected chi connectivity index (χ4v) is 11.8. The molecule has 0 unspecified atom stereocenters. The molecule has 2 heterocycles. The zero-order chi connectivity index (χ0) is 22.7. The summed E-state index contributed by atoms with van der Waals surface area (Å²) in [6.45, 7) is 17.8. The lowest BCUT2D eigenvalue weighted by atomic mass is 9.90. The second kappa shape index (κ2) is 9.90. The smallest absolute Gasteiger partial charge is 0.200 e. The molecular weight excluding hydrogens is 400 g/mol. The minimum absolute atomic E-state index is 0.0998. The van der Waals surface area contributed by atoms with Gasteiger partial charge < -0.3 is 13.9 Å². The highest BCUT2D eigenvalue weighted by Crippen LogP contribution is 2.49. The van der Waals surface area contributed by atoms with E-state index in [0.29, 0.717) is 23.2 Å². The number of hydrogen-bond donors (Lipinski definition) is 0. The number of benzene rings is 1. The molecular formula is C27H44O3Si. The Morgan fingerprint density at radius 3 is 2.29 bits per heavy atom. The molecule has 2 aliphatic rings. The van der Waals surface area contributed by atoms with Crippen LogP contribution in [0, 0.1) is 0 Å². The van der Waals surface area contributed by atoms with Crippen molar-refractivity contribution in [2.75, 3.05) is 6.61 Å². The zero-order valence-corrected chi connectivity index (χ0v) is 21.8. The van der Waals surface area contributed by atoms with Crippen LogP contribution in [0.3, 0.4) is 0 Å². The van der Waals surface area contributed by atoms with E-state index in [-0.39, 0.29) is 17.3 Å². The largest absolute Gasteiger partial charge is 0.416 e. The van der Waals surface area contributed by atoms with Crippen molar-refractivity contribution in [3.8, 4) is 0 Å². The van der Waals surface area contributed by atoms with Gasteiger partial charge in [0.2, 0.25) is 0 Å². The predicted octanol–water partition coefficient (Wildman–Crippen LogP) is 7.42. The summed E-state index contributed by atoms with van der Waals surface area (Å²) in [5, 5.41) is 0.